The Morgan fingerprint density at radius 3 is 2.37 bits per heavy atom. The van der Waals surface area contributed by atoms with Crippen LogP contribution in [0.1, 0.15) is 31.2 Å². The molecule has 106 valence electrons. The largest absolute Gasteiger partial charge is 0.207 e. The molecule has 0 amide bonds. The molecule has 0 saturated heterocycles. The predicted molar refractivity (Wildman–Crippen MR) is 89.8 cm³/mol. The number of benzene rings is 1. The molecule has 1 aromatic rings. The first-order valence-corrected chi connectivity index (χ1v) is 9.71. The topological polar surface area (TPSA) is 0 Å². The zero-order valence-electron chi connectivity index (χ0n) is 10.8. The van der Waals surface area contributed by atoms with Crippen molar-refractivity contribution in [2.45, 2.75) is 32.1 Å². The van der Waals surface area contributed by atoms with Crippen LogP contribution in [0.4, 0.5) is 4.39 Å². The molecular formula is C15H18Br3F. The van der Waals surface area contributed by atoms with Crippen LogP contribution in [0.2, 0.25) is 0 Å². The summed E-state index contributed by atoms with van der Waals surface area (Å²) in [5.74, 6) is 0.573. The van der Waals surface area contributed by atoms with E-state index in [-0.39, 0.29) is 11.2 Å². The molecule has 0 unspecified atom stereocenters. The van der Waals surface area contributed by atoms with Crippen LogP contribution in [0.15, 0.2) is 22.7 Å². The molecule has 0 heterocycles. The van der Waals surface area contributed by atoms with Crippen molar-refractivity contribution in [2.75, 3.05) is 10.7 Å². The van der Waals surface area contributed by atoms with Crippen LogP contribution in [0, 0.1) is 17.2 Å². The molecule has 1 aliphatic rings. The fraction of sp³-hybridized carbons (Fsp3) is 0.600. The maximum absolute atomic E-state index is 13.5. The standard InChI is InChI=1S/C15H18Br3F/c16-9-15(10-17,12-3-1-2-4-12)8-11-7-13(19)5-6-14(11)18/h5-7,12H,1-4,8-10H2. The Morgan fingerprint density at radius 2 is 1.79 bits per heavy atom. The van der Waals surface area contributed by atoms with Crippen molar-refractivity contribution in [3.63, 3.8) is 0 Å². The number of hydrogen-bond acceptors (Lipinski definition) is 0. The quantitative estimate of drug-likeness (QED) is 0.470. The molecule has 0 N–H and O–H groups in total. The van der Waals surface area contributed by atoms with Crippen molar-refractivity contribution >= 4 is 47.8 Å². The molecule has 0 atom stereocenters. The first-order valence-electron chi connectivity index (χ1n) is 6.67. The molecule has 0 aliphatic heterocycles. The Morgan fingerprint density at radius 1 is 1.16 bits per heavy atom. The second kappa shape index (κ2) is 7.04. The zero-order chi connectivity index (χ0) is 13.9. The normalized spacial score (nSPS) is 17.1. The number of rotatable bonds is 5. The van der Waals surface area contributed by atoms with E-state index in [1.165, 1.54) is 31.7 Å². The highest BCUT2D eigenvalue weighted by molar-refractivity contribution is 9.10. The van der Waals surface area contributed by atoms with E-state index >= 15 is 0 Å². The van der Waals surface area contributed by atoms with Crippen molar-refractivity contribution in [1.82, 2.24) is 0 Å². The van der Waals surface area contributed by atoms with E-state index in [0.29, 0.717) is 0 Å². The summed E-state index contributed by atoms with van der Waals surface area (Å²) < 4.78 is 14.5. The first-order chi connectivity index (χ1) is 9.11. The number of hydrogen-bond donors (Lipinski definition) is 0. The Kier molecular flexibility index (Phi) is 5.91. The number of halogens is 4. The summed E-state index contributed by atoms with van der Waals surface area (Å²) >= 11 is 11.0. The van der Waals surface area contributed by atoms with Crippen LogP contribution >= 0.6 is 47.8 Å². The lowest BCUT2D eigenvalue weighted by Gasteiger charge is -2.37. The van der Waals surface area contributed by atoms with Crippen LogP contribution in [0.5, 0.6) is 0 Å². The van der Waals surface area contributed by atoms with Gasteiger partial charge in [0.25, 0.3) is 0 Å². The summed E-state index contributed by atoms with van der Waals surface area (Å²) in [4.78, 5) is 0. The van der Waals surface area contributed by atoms with Gasteiger partial charge in [-0.05, 0) is 54.4 Å². The van der Waals surface area contributed by atoms with E-state index in [9.17, 15) is 4.39 Å². The molecule has 0 radical (unpaired) electrons. The third kappa shape index (κ3) is 3.62. The second-order valence-electron chi connectivity index (χ2n) is 5.52. The second-order valence-corrected chi connectivity index (χ2v) is 7.50. The predicted octanol–water partition coefficient (Wildman–Crippen LogP) is 6.10. The molecule has 1 saturated carbocycles. The smallest absolute Gasteiger partial charge is 0.123 e. The van der Waals surface area contributed by atoms with Crippen molar-refractivity contribution in [2.24, 2.45) is 11.3 Å². The Hall–Kier alpha value is 0.590. The summed E-state index contributed by atoms with van der Waals surface area (Å²) in [6, 6.07) is 4.98. The van der Waals surface area contributed by atoms with Crippen LogP contribution in [-0.4, -0.2) is 10.7 Å². The van der Waals surface area contributed by atoms with Gasteiger partial charge in [-0.15, -0.1) is 0 Å². The lowest BCUT2D eigenvalue weighted by molar-refractivity contribution is 0.232. The van der Waals surface area contributed by atoms with Gasteiger partial charge in [0.15, 0.2) is 0 Å². The van der Waals surface area contributed by atoms with E-state index in [0.717, 1.165) is 33.0 Å². The minimum absolute atomic E-state index is 0.150. The highest BCUT2D eigenvalue weighted by atomic mass is 79.9. The van der Waals surface area contributed by atoms with Gasteiger partial charge in [0.2, 0.25) is 0 Å². The lowest BCUT2D eigenvalue weighted by Crippen LogP contribution is -2.35. The molecule has 0 bridgehead atoms. The molecule has 2 rings (SSSR count). The van der Waals surface area contributed by atoms with Gasteiger partial charge < -0.3 is 0 Å². The average molecular weight is 457 g/mol. The molecule has 19 heavy (non-hydrogen) atoms. The zero-order valence-corrected chi connectivity index (χ0v) is 15.5. The minimum atomic E-state index is -0.150. The summed E-state index contributed by atoms with van der Waals surface area (Å²) in [5, 5.41) is 1.91. The minimum Gasteiger partial charge on any atom is -0.207 e. The lowest BCUT2D eigenvalue weighted by atomic mass is 9.73. The van der Waals surface area contributed by atoms with E-state index in [2.05, 4.69) is 47.8 Å². The fourth-order valence-corrected chi connectivity index (χ4v) is 5.72. The summed E-state index contributed by atoms with van der Waals surface area (Å²) in [6.07, 6.45) is 6.16. The average Bonchev–Trinajstić information content (AvgIpc) is 2.94. The van der Waals surface area contributed by atoms with Crippen LogP contribution < -0.4 is 0 Å². The highest BCUT2D eigenvalue weighted by Crippen LogP contribution is 2.45. The molecule has 1 aromatic carbocycles. The molecule has 0 spiro atoms. The SMILES string of the molecule is Fc1ccc(Br)c(CC(CBr)(CBr)C2CCCC2)c1. The molecule has 4 heteroatoms. The number of alkyl halides is 2. The maximum Gasteiger partial charge on any atom is 0.123 e. The monoisotopic (exact) mass is 454 g/mol. The molecular weight excluding hydrogens is 439 g/mol. The van der Waals surface area contributed by atoms with Crippen LogP contribution in [0.3, 0.4) is 0 Å². The highest BCUT2D eigenvalue weighted by Gasteiger charge is 2.38. The molecule has 0 aromatic heterocycles. The Balaban J connectivity index is 2.27. The summed E-state index contributed by atoms with van der Waals surface area (Å²) in [7, 11) is 0. The van der Waals surface area contributed by atoms with E-state index in [4.69, 9.17) is 0 Å². The summed E-state index contributed by atoms with van der Waals surface area (Å²) in [6.45, 7) is 0. The van der Waals surface area contributed by atoms with E-state index in [1.54, 1.807) is 6.07 Å². The Labute approximate surface area is 139 Å². The van der Waals surface area contributed by atoms with Crippen molar-refractivity contribution in [3.05, 3.63) is 34.1 Å². The van der Waals surface area contributed by atoms with Crippen molar-refractivity contribution < 1.29 is 4.39 Å². The van der Waals surface area contributed by atoms with Gasteiger partial charge in [0.05, 0.1) is 0 Å². The van der Waals surface area contributed by atoms with Gasteiger partial charge in [-0.3, -0.25) is 0 Å². The first kappa shape index (κ1) is 16.0. The third-order valence-corrected chi connectivity index (χ3v) is 7.31. The molecule has 1 aliphatic carbocycles. The van der Waals surface area contributed by atoms with Gasteiger partial charge in [0.1, 0.15) is 5.82 Å². The van der Waals surface area contributed by atoms with Gasteiger partial charge in [-0.1, -0.05) is 60.6 Å². The molecule has 0 nitrogen and oxygen atoms in total. The van der Waals surface area contributed by atoms with Gasteiger partial charge in [0, 0.05) is 15.1 Å². The van der Waals surface area contributed by atoms with Gasteiger partial charge >= 0.3 is 0 Å². The Bertz CT molecular complexity index is 423. The van der Waals surface area contributed by atoms with Crippen molar-refractivity contribution in [3.8, 4) is 0 Å². The summed E-state index contributed by atoms with van der Waals surface area (Å²) in [5.41, 5.74) is 1.26. The van der Waals surface area contributed by atoms with Gasteiger partial charge in [-0.2, -0.15) is 0 Å². The van der Waals surface area contributed by atoms with Gasteiger partial charge in [-0.25, -0.2) is 4.39 Å². The third-order valence-electron chi connectivity index (χ3n) is 4.30. The van der Waals surface area contributed by atoms with E-state index in [1.807, 2.05) is 6.07 Å². The van der Waals surface area contributed by atoms with Crippen LogP contribution in [0.25, 0.3) is 0 Å². The van der Waals surface area contributed by atoms with Crippen LogP contribution in [-0.2, 0) is 6.42 Å². The van der Waals surface area contributed by atoms with E-state index < -0.39 is 0 Å². The fourth-order valence-electron chi connectivity index (χ4n) is 3.09. The maximum atomic E-state index is 13.5. The van der Waals surface area contributed by atoms with Crippen molar-refractivity contribution in [1.29, 1.82) is 0 Å². The molecule has 1 fully saturated rings.